The summed E-state index contributed by atoms with van der Waals surface area (Å²) >= 11 is 0. The molecule has 0 saturated carbocycles. The maximum atomic E-state index is 12.9. The summed E-state index contributed by atoms with van der Waals surface area (Å²) in [4.78, 5) is 38.3. The molecule has 0 aromatic carbocycles. The summed E-state index contributed by atoms with van der Waals surface area (Å²) in [6.07, 6.45) is 71.8. The van der Waals surface area contributed by atoms with Crippen LogP contribution in [0.3, 0.4) is 0 Å². The summed E-state index contributed by atoms with van der Waals surface area (Å²) in [6.45, 7) is 6.69. The van der Waals surface area contributed by atoms with Crippen molar-refractivity contribution in [2.24, 2.45) is 0 Å². The number of rotatable bonds is 59. The first-order valence-electron chi connectivity index (χ1n) is 31.8. The van der Waals surface area contributed by atoms with Gasteiger partial charge in [0.05, 0.1) is 0 Å². The van der Waals surface area contributed by atoms with Crippen molar-refractivity contribution in [3.05, 3.63) is 24.3 Å². The Morgan fingerprint density at radius 2 is 0.465 bits per heavy atom. The Hall–Kier alpha value is -2.11. The minimum absolute atomic E-state index is 0.0714. The third-order valence-corrected chi connectivity index (χ3v) is 14.4. The van der Waals surface area contributed by atoms with Crippen molar-refractivity contribution in [2.45, 2.75) is 361 Å². The Morgan fingerprint density at radius 1 is 0.268 bits per heavy atom. The van der Waals surface area contributed by atoms with E-state index in [4.69, 9.17) is 14.2 Å². The molecule has 6 heteroatoms. The number of hydrogen-bond donors (Lipinski definition) is 0. The minimum atomic E-state index is -0.773. The number of ether oxygens (including phenoxy) is 3. The fourth-order valence-corrected chi connectivity index (χ4v) is 9.61. The number of hydrogen-bond acceptors (Lipinski definition) is 6. The molecule has 6 nitrogen and oxygen atoms in total. The van der Waals surface area contributed by atoms with Gasteiger partial charge in [0.1, 0.15) is 13.2 Å². The highest BCUT2D eigenvalue weighted by atomic mass is 16.6. The first kappa shape index (κ1) is 68.9. The molecule has 0 spiro atoms. The third kappa shape index (κ3) is 58.7. The fraction of sp³-hybridized carbons (Fsp3) is 0.892. The summed E-state index contributed by atoms with van der Waals surface area (Å²) in [5.41, 5.74) is 0. The van der Waals surface area contributed by atoms with E-state index in [1.54, 1.807) is 0 Å². The van der Waals surface area contributed by atoms with Crippen molar-refractivity contribution in [2.75, 3.05) is 13.2 Å². The fourth-order valence-electron chi connectivity index (χ4n) is 9.61. The standard InChI is InChI=1S/C65H122O6/c1-4-7-10-13-16-19-22-25-28-31-33-35-37-40-43-46-49-52-55-58-64(67)70-61-62(60-69-63(66)57-54-51-48-45-42-39-36-30-27-24-21-18-15-12-9-6-3)71-65(68)59-56-53-50-47-44-41-38-34-32-29-26-23-20-17-14-11-8-5-2/h30-31,33,36,62H,4-29,32,34-35,37-61H2,1-3H3/b33-31-,36-30-. The van der Waals surface area contributed by atoms with Crippen molar-refractivity contribution in [3.63, 3.8) is 0 Å². The quantitative estimate of drug-likeness (QED) is 0.0261. The zero-order valence-electron chi connectivity index (χ0n) is 48.0. The Balaban J connectivity index is 4.33. The Kier molecular flexibility index (Phi) is 58.6. The van der Waals surface area contributed by atoms with Gasteiger partial charge in [0, 0.05) is 19.3 Å². The molecule has 1 unspecified atom stereocenters. The summed E-state index contributed by atoms with van der Waals surface area (Å²) in [5.74, 6) is -0.857. The zero-order chi connectivity index (χ0) is 51.4. The molecule has 0 amide bonds. The molecule has 0 N–H and O–H groups in total. The van der Waals surface area contributed by atoms with Crippen LogP contribution >= 0.6 is 0 Å². The predicted molar refractivity (Wildman–Crippen MR) is 307 cm³/mol. The van der Waals surface area contributed by atoms with Gasteiger partial charge >= 0.3 is 17.9 Å². The highest BCUT2D eigenvalue weighted by Crippen LogP contribution is 2.17. The topological polar surface area (TPSA) is 78.9 Å². The SMILES string of the molecule is CCCCCCCCC/C=C\CCCCCCCC(=O)OCC(COC(=O)CCCCCCCCC/C=C\CCCCCCCCCC)OC(=O)CCCCCCCCCCCCCCCCCCCC. The first-order valence-corrected chi connectivity index (χ1v) is 31.8. The largest absolute Gasteiger partial charge is 0.462 e. The van der Waals surface area contributed by atoms with E-state index >= 15 is 0 Å². The van der Waals surface area contributed by atoms with Gasteiger partial charge in [-0.1, -0.05) is 289 Å². The maximum absolute atomic E-state index is 12.9. The monoisotopic (exact) mass is 999 g/mol. The minimum Gasteiger partial charge on any atom is -0.462 e. The number of esters is 3. The number of allylic oxidation sites excluding steroid dienone is 4. The molecule has 0 saturated heterocycles. The molecule has 0 aliphatic rings. The highest BCUT2D eigenvalue weighted by molar-refractivity contribution is 5.71. The van der Waals surface area contributed by atoms with Crippen LogP contribution in [0.2, 0.25) is 0 Å². The Morgan fingerprint density at radius 3 is 0.704 bits per heavy atom. The van der Waals surface area contributed by atoms with E-state index in [1.807, 2.05) is 0 Å². The van der Waals surface area contributed by atoms with Crippen molar-refractivity contribution >= 4 is 17.9 Å². The Labute approximate surface area is 443 Å². The van der Waals surface area contributed by atoms with E-state index in [1.165, 1.54) is 250 Å². The average Bonchev–Trinajstić information content (AvgIpc) is 3.37. The average molecular weight is 1000 g/mol. The van der Waals surface area contributed by atoms with Crippen LogP contribution in [0.4, 0.5) is 0 Å². The maximum Gasteiger partial charge on any atom is 0.306 e. The summed E-state index contributed by atoms with van der Waals surface area (Å²) < 4.78 is 16.9. The van der Waals surface area contributed by atoms with Gasteiger partial charge in [-0.3, -0.25) is 14.4 Å². The van der Waals surface area contributed by atoms with Crippen molar-refractivity contribution in [3.8, 4) is 0 Å². The molecule has 0 fully saturated rings. The summed E-state index contributed by atoms with van der Waals surface area (Å²) in [6, 6.07) is 0. The second kappa shape index (κ2) is 60.4. The molecule has 418 valence electrons. The van der Waals surface area contributed by atoms with Crippen molar-refractivity contribution < 1.29 is 28.6 Å². The molecule has 1 atom stereocenters. The molecular formula is C65H122O6. The molecule has 0 aliphatic heterocycles. The van der Waals surface area contributed by atoms with Crippen LogP contribution in [0.25, 0.3) is 0 Å². The van der Waals surface area contributed by atoms with Gasteiger partial charge in [-0.05, 0) is 70.6 Å². The number of carbonyl (C=O) groups is 3. The molecular weight excluding hydrogens is 877 g/mol. The second-order valence-electron chi connectivity index (χ2n) is 21.7. The van der Waals surface area contributed by atoms with E-state index in [-0.39, 0.29) is 31.1 Å². The Bertz CT molecular complexity index is 1150. The smallest absolute Gasteiger partial charge is 0.306 e. The molecule has 0 aromatic heterocycles. The van der Waals surface area contributed by atoms with Crippen molar-refractivity contribution in [1.82, 2.24) is 0 Å². The summed E-state index contributed by atoms with van der Waals surface area (Å²) in [7, 11) is 0. The van der Waals surface area contributed by atoms with Crippen molar-refractivity contribution in [1.29, 1.82) is 0 Å². The van der Waals surface area contributed by atoms with Gasteiger partial charge in [0.2, 0.25) is 0 Å². The molecule has 0 radical (unpaired) electrons. The zero-order valence-corrected chi connectivity index (χ0v) is 48.0. The predicted octanol–water partition coefficient (Wildman–Crippen LogP) is 21.4. The summed E-state index contributed by atoms with van der Waals surface area (Å²) in [5, 5.41) is 0. The molecule has 0 rings (SSSR count). The molecule has 0 bridgehead atoms. The van der Waals surface area contributed by atoms with Crippen LogP contribution in [0, 0.1) is 0 Å². The molecule has 0 aliphatic carbocycles. The van der Waals surface area contributed by atoms with Gasteiger partial charge in [-0.2, -0.15) is 0 Å². The van der Waals surface area contributed by atoms with Crippen LogP contribution in [0.1, 0.15) is 355 Å². The lowest BCUT2D eigenvalue weighted by atomic mass is 10.0. The van der Waals surface area contributed by atoms with Crippen LogP contribution in [0.5, 0.6) is 0 Å². The second-order valence-corrected chi connectivity index (χ2v) is 21.7. The lowest BCUT2D eigenvalue weighted by Crippen LogP contribution is -2.30. The van der Waals surface area contributed by atoms with E-state index in [2.05, 4.69) is 45.1 Å². The first-order chi connectivity index (χ1) is 35.0. The van der Waals surface area contributed by atoms with E-state index in [0.29, 0.717) is 19.3 Å². The van der Waals surface area contributed by atoms with Crippen LogP contribution < -0.4 is 0 Å². The van der Waals surface area contributed by atoms with Crippen LogP contribution in [-0.2, 0) is 28.6 Å². The number of unbranched alkanes of at least 4 members (excludes halogenated alkanes) is 44. The molecule has 0 heterocycles. The molecule has 0 aromatic rings. The normalized spacial score (nSPS) is 12.1. The third-order valence-electron chi connectivity index (χ3n) is 14.4. The van der Waals surface area contributed by atoms with Crippen LogP contribution in [-0.4, -0.2) is 37.2 Å². The van der Waals surface area contributed by atoms with E-state index < -0.39 is 6.10 Å². The van der Waals surface area contributed by atoms with Crippen LogP contribution in [0.15, 0.2) is 24.3 Å². The lowest BCUT2D eigenvalue weighted by Gasteiger charge is -2.18. The highest BCUT2D eigenvalue weighted by Gasteiger charge is 2.19. The molecule has 71 heavy (non-hydrogen) atoms. The van der Waals surface area contributed by atoms with Gasteiger partial charge in [0.15, 0.2) is 6.10 Å². The van der Waals surface area contributed by atoms with Gasteiger partial charge in [0.25, 0.3) is 0 Å². The van der Waals surface area contributed by atoms with Gasteiger partial charge < -0.3 is 14.2 Å². The van der Waals surface area contributed by atoms with Gasteiger partial charge in [-0.25, -0.2) is 0 Å². The van der Waals surface area contributed by atoms with E-state index in [0.717, 1.165) is 64.2 Å². The van der Waals surface area contributed by atoms with Gasteiger partial charge in [-0.15, -0.1) is 0 Å². The van der Waals surface area contributed by atoms with E-state index in [9.17, 15) is 14.4 Å². The number of carbonyl (C=O) groups excluding carboxylic acids is 3. The lowest BCUT2D eigenvalue weighted by molar-refractivity contribution is -0.167.